The van der Waals surface area contributed by atoms with Gasteiger partial charge < -0.3 is 10.0 Å². The standard InChI is InChI=1S/C22H21N3O4/c26-20-9-8-19(18-7-3-5-15-4-1-2-6-17(15)18)23-25(20)14-21(27)24-12-10-16(11-13-24)22(28)29/h1-9,16H,10-14H2,(H,28,29). The number of nitrogens with zero attached hydrogens (tertiary/aromatic N) is 3. The van der Waals surface area contributed by atoms with Crippen LogP contribution in [0.15, 0.2) is 59.4 Å². The smallest absolute Gasteiger partial charge is 0.306 e. The minimum absolute atomic E-state index is 0.158. The van der Waals surface area contributed by atoms with Crippen LogP contribution in [0.25, 0.3) is 22.0 Å². The molecule has 1 saturated heterocycles. The third-order valence-electron chi connectivity index (χ3n) is 5.41. The molecule has 1 aromatic heterocycles. The van der Waals surface area contributed by atoms with Crippen molar-refractivity contribution in [3.05, 3.63) is 65.0 Å². The predicted molar refractivity (Wildman–Crippen MR) is 108 cm³/mol. The Balaban J connectivity index is 1.57. The van der Waals surface area contributed by atoms with Gasteiger partial charge in [0.25, 0.3) is 5.56 Å². The molecule has 2 aromatic carbocycles. The van der Waals surface area contributed by atoms with Gasteiger partial charge in [0, 0.05) is 24.7 Å². The summed E-state index contributed by atoms with van der Waals surface area (Å²) in [6.45, 7) is 0.607. The number of amides is 1. The Morgan fingerprint density at radius 2 is 1.72 bits per heavy atom. The van der Waals surface area contributed by atoms with Crippen molar-refractivity contribution in [1.29, 1.82) is 0 Å². The van der Waals surface area contributed by atoms with E-state index in [0.717, 1.165) is 16.3 Å². The topological polar surface area (TPSA) is 92.5 Å². The Bertz CT molecular complexity index is 1120. The van der Waals surface area contributed by atoms with E-state index in [2.05, 4.69) is 5.10 Å². The van der Waals surface area contributed by atoms with E-state index in [-0.39, 0.29) is 18.0 Å². The highest BCUT2D eigenvalue weighted by atomic mass is 16.4. The fourth-order valence-electron chi connectivity index (χ4n) is 3.76. The average Bonchev–Trinajstić information content (AvgIpc) is 2.75. The maximum absolute atomic E-state index is 12.6. The second-order valence-corrected chi connectivity index (χ2v) is 7.23. The fraction of sp³-hybridized carbons (Fsp3) is 0.273. The Labute approximate surface area is 167 Å². The zero-order valence-electron chi connectivity index (χ0n) is 15.8. The zero-order valence-corrected chi connectivity index (χ0v) is 15.8. The van der Waals surface area contributed by atoms with E-state index >= 15 is 0 Å². The van der Waals surface area contributed by atoms with Gasteiger partial charge in [-0.3, -0.25) is 14.4 Å². The molecule has 0 saturated carbocycles. The number of likely N-dealkylation sites (tertiary alicyclic amines) is 1. The van der Waals surface area contributed by atoms with Crippen LogP contribution in [0.1, 0.15) is 12.8 Å². The Kier molecular flexibility index (Phi) is 5.12. The van der Waals surface area contributed by atoms with Crippen LogP contribution in [0.2, 0.25) is 0 Å². The number of carbonyl (C=O) groups is 2. The molecule has 1 N–H and O–H groups in total. The molecule has 1 amide bonds. The first kappa shape index (κ1) is 18.9. The maximum atomic E-state index is 12.6. The number of aliphatic carboxylic acids is 1. The van der Waals surface area contributed by atoms with Crippen LogP contribution in [0.5, 0.6) is 0 Å². The van der Waals surface area contributed by atoms with E-state index in [4.69, 9.17) is 5.11 Å². The van der Waals surface area contributed by atoms with E-state index in [0.29, 0.717) is 31.6 Å². The molecule has 0 spiro atoms. The van der Waals surface area contributed by atoms with Crippen LogP contribution in [0, 0.1) is 5.92 Å². The number of rotatable bonds is 4. The van der Waals surface area contributed by atoms with Gasteiger partial charge in [0.2, 0.25) is 5.91 Å². The molecule has 0 bridgehead atoms. The number of fused-ring (bicyclic) bond motifs is 1. The molecule has 3 aromatic rings. The largest absolute Gasteiger partial charge is 0.481 e. The molecule has 0 atom stereocenters. The lowest BCUT2D eigenvalue weighted by atomic mass is 9.97. The summed E-state index contributed by atoms with van der Waals surface area (Å²) >= 11 is 0. The molecule has 2 heterocycles. The van der Waals surface area contributed by atoms with E-state index in [9.17, 15) is 14.4 Å². The molecule has 7 heteroatoms. The molecule has 4 rings (SSSR count). The number of benzene rings is 2. The Morgan fingerprint density at radius 3 is 2.48 bits per heavy atom. The summed E-state index contributed by atoms with van der Waals surface area (Å²) in [4.78, 5) is 37.6. The van der Waals surface area contributed by atoms with Crippen molar-refractivity contribution in [2.24, 2.45) is 5.92 Å². The van der Waals surface area contributed by atoms with Crippen LogP contribution in [0.4, 0.5) is 0 Å². The first-order chi connectivity index (χ1) is 14.0. The highest BCUT2D eigenvalue weighted by molar-refractivity contribution is 5.95. The van der Waals surface area contributed by atoms with Crippen molar-refractivity contribution >= 4 is 22.6 Å². The minimum atomic E-state index is -0.822. The molecule has 1 fully saturated rings. The first-order valence-corrected chi connectivity index (χ1v) is 9.60. The lowest BCUT2D eigenvalue weighted by Gasteiger charge is -2.30. The molecular formula is C22H21N3O4. The van der Waals surface area contributed by atoms with Gasteiger partial charge in [-0.2, -0.15) is 5.10 Å². The van der Waals surface area contributed by atoms with Crippen molar-refractivity contribution in [1.82, 2.24) is 14.7 Å². The highest BCUT2D eigenvalue weighted by Gasteiger charge is 2.27. The van der Waals surface area contributed by atoms with Crippen molar-refractivity contribution in [2.45, 2.75) is 19.4 Å². The fourth-order valence-corrected chi connectivity index (χ4v) is 3.76. The van der Waals surface area contributed by atoms with Crippen molar-refractivity contribution in [3.63, 3.8) is 0 Å². The van der Waals surface area contributed by atoms with Gasteiger partial charge in [-0.25, -0.2) is 4.68 Å². The number of carboxylic acids is 1. The summed E-state index contributed by atoms with van der Waals surface area (Å²) in [6, 6.07) is 16.9. The lowest BCUT2D eigenvalue weighted by molar-refractivity contribution is -0.145. The van der Waals surface area contributed by atoms with Gasteiger partial charge in [-0.05, 0) is 29.7 Å². The van der Waals surface area contributed by atoms with Crippen LogP contribution in [0.3, 0.4) is 0 Å². The molecule has 0 unspecified atom stereocenters. The molecule has 7 nitrogen and oxygen atoms in total. The predicted octanol–water partition coefficient (Wildman–Crippen LogP) is 2.39. The van der Waals surface area contributed by atoms with E-state index in [1.165, 1.54) is 10.7 Å². The summed E-state index contributed by atoms with van der Waals surface area (Å²) in [5.41, 5.74) is 1.17. The van der Waals surface area contributed by atoms with E-state index in [1.54, 1.807) is 11.0 Å². The van der Waals surface area contributed by atoms with E-state index < -0.39 is 11.9 Å². The molecule has 1 aliphatic heterocycles. The summed E-state index contributed by atoms with van der Waals surface area (Å²) < 4.78 is 1.18. The number of carbonyl (C=O) groups excluding carboxylic acids is 1. The van der Waals surface area contributed by atoms with Crippen LogP contribution >= 0.6 is 0 Å². The Morgan fingerprint density at radius 1 is 1.00 bits per heavy atom. The number of piperidine rings is 1. The SMILES string of the molecule is O=C(O)C1CCN(C(=O)Cn2nc(-c3cccc4ccccc34)ccc2=O)CC1. The summed E-state index contributed by atoms with van der Waals surface area (Å²) in [7, 11) is 0. The lowest BCUT2D eigenvalue weighted by Crippen LogP contribution is -2.43. The number of carboxylic acid groups (broad SMARTS) is 1. The quantitative estimate of drug-likeness (QED) is 0.737. The maximum Gasteiger partial charge on any atom is 0.306 e. The van der Waals surface area contributed by atoms with Gasteiger partial charge in [-0.15, -0.1) is 0 Å². The summed E-state index contributed by atoms with van der Waals surface area (Å²) in [5.74, 6) is -1.45. The third kappa shape index (κ3) is 3.89. The number of hydrogen-bond donors (Lipinski definition) is 1. The monoisotopic (exact) mass is 391 g/mol. The molecule has 29 heavy (non-hydrogen) atoms. The van der Waals surface area contributed by atoms with Crippen LogP contribution in [-0.2, 0) is 16.1 Å². The molecule has 0 aliphatic carbocycles. The molecular weight excluding hydrogens is 370 g/mol. The highest BCUT2D eigenvalue weighted by Crippen LogP contribution is 2.26. The van der Waals surface area contributed by atoms with Gasteiger partial charge in [-0.1, -0.05) is 42.5 Å². The van der Waals surface area contributed by atoms with Gasteiger partial charge in [0.05, 0.1) is 11.6 Å². The zero-order chi connectivity index (χ0) is 20.4. The number of aromatic nitrogens is 2. The second kappa shape index (κ2) is 7.87. The summed E-state index contributed by atoms with van der Waals surface area (Å²) in [5, 5.41) is 15.6. The van der Waals surface area contributed by atoms with Gasteiger partial charge in [0.1, 0.15) is 6.54 Å². The molecule has 0 radical (unpaired) electrons. The Hall–Kier alpha value is -3.48. The minimum Gasteiger partial charge on any atom is -0.481 e. The normalized spacial score (nSPS) is 14.8. The molecule has 148 valence electrons. The second-order valence-electron chi connectivity index (χ2n) is 7.23. The third-order valence-corrected chi connectivity index (χ3v) is 5.41. The van der Waals surface area contributed by atoms with Crippen molar-refractivity contribution in [2.75, 3.05) is 13.1 Å². The summed E-state index contributed by atoms with van der Waals surface area (Å²) in [6.07, 6.45) is 0.860. The van der Waals surface area contributed by atoms with Gasteiger partial charge in [0.15, 0.2) is 0 Å². The van der Waals surface area contributed by atoms with Crippen molar-refractivity contribution in [3.8, 4) is 11.3 Å². The first-order valence-electron chi connectivity index (χ1n) is 9.60. The van der Waals surface area contributed by atoms with Crippen LogP contribution in [-0.4, -0.2) is 44.8 Å². The average molecular weight is 391 g/mol. The molecule has 1 aliphatic rings. The van der Waals surface area contributed by atoms with Gasteiger partial charge >= 0.3 is 5.97 Å². The number of hydrogen-bond acceptors (Lipinski definition) is 4. The van der Waals surface area contributed by atoms with Crippen LogP contribution < -0.4 is 5.56 Å². The van der Waals surface area contributed by atoms with E-state index in [1.807, 2.05) is 42.5 Å². The van der Waals surface area contributed by atoms with Crippen molar-refractivity contribution < 1.29 is 14.7 Å².